The minimum Gasteiger partial charge on any atom is -0.384 e. The quantitative estimate of drug-likeness (QED) is 0.757. The number of fused-ring (bicyclic) bond motifs is 2. The summed E-state index contributed by atoms with van der Waals surface area (Å²) in [5.41, 5.74) is 10.5. The molecule has 5 nitrogen and oxygen atoms in total. The van der Waals surface area contributed by atoms with Crippen molar-refractivity contribution in [1.82, 2.24) is 4.98 Å². The van der Waals surface area contributed by atoms with Gasteiger partial charge >= 0.3 is 0 Å². The Labute approximate surface area is 160 Å². The van der Waals surface area contributed by atoms with E-state index in [1.165, 1.54) is 0 Å². The normalized spacial score (nSPS) is 15.7. The Morgan fingerprint density at radius 2 is 2.00 bits per heavy atom. The van der Waals surface area contributed by atoms with Gasteiger partial charge in [0.1, 0.15) is 5.82 Å². The van der Waals surface area contributed by atoms with Crippen molar-refractivity contribution < 1.29 is 9.00 Å². The van der Waals surface area contributed by atoms with Crippen LogP contribution in [0.1, 0.15) is 23.6 Å². The van der Waals surface area contributed by atoms with Crippen molar-refractivity contribution in [3.63, 3.8) is 0 Å². The molecule has 1 aromatic heterocycles. The topological polar surface area (TPSA) is 76.3 Å². The van der Waals surface area contributed by atoms with E-state index in [-0.39, 0.29) is 5.91 Å². The van der Waals surface area contributed by atoms with Crippen LogP contribution in [0.3, 0.4) is 0 Å². The molecule has 2 heterocycles. The summed E-state index contributed by atoms with van der Waals surface area (Å²) in [6.07, 6.45) is 0.798. The summed E-state index contributed by atoms with van der Waals surface area (Å²) in [7, 11) is -1.06. The maximum atomic E-state index is 12.6. The second-order valence-corrected chi connectivity index (χ2v) is 8.38. The minimum absolute atomic E-state index is 0.0782. The molecule has 0 saturated carbocycles. The molecule has 0 radical (unpaired) electrons. The second-order valence-electron chi connectivity index (χ2n) is 6.88. The maximum Gasteiger partial charge on any atom is 0.224 e. The summed E-state index contributed by atoms with van der Waals surface area (Å²) in [6, 6.07) is 13.5. The van der Waals surface area contributed by atoms with E-state index >= 15 is 0 Å². The number of anilines is 2. The predicted octanol–water partition coefficient (Wildman–Crippen LogP) is 3.34. The van der Waals surface area contributed by atoms with Crippen molar-refractivity contribution in [3.05, 3.63) is 59.2 Å². The molecular formula is C21H21N3O2S. The van der Waals surface area contributed by atoms with Gasteiger partial charge in [0, 0.05) is 18.1 Å². The molecule has 1 aliphatic heterocycles. The molecule has 3 aromatic rings. The lowest BCUT2D eigenvalue weighted by molar-refractivity contribution is -0.116. The first kappa shape index (κ1) is 17.7. The fourth-order valence-electron chi connectivity index (χ4n) is 3.61. The molecule has 4 rings (SSSR count). The van der Waals surface area contributed by atoms with Gasteiger partial charge in [0.15, 0.2) is 0 Å². The number of hydrogen-bond donors (Lipinski definition) is 1. The molecule has 1 aliphatic rings. The number of amides is 1. The molecule has 138 valence electrons. The van der Waals surface area contributed by atoms with Crippen molar-refractivity contribution in [2.45, 2.75) is 31.7 Å². The monoisotopic (exact) mass is 379 g/mol. The first-order chi connectivity index (χ1) is 12.9. The standard InChI is InChI=1S/C21H21N3O2S/c1-13-3-7-19(21-17(13)9-10-27(21)26)24(14(2)25)12-15-4-5-16-6-8-20(22)23-18(16)11-15/h3-8,11H,9-10,12H2,1-2H3,(H2,22,23). The summed E-state index contributed by atoms with van der Waals surface area (Å²) in [4.78, 5) is 19.3. The van der Waals surface area contributed by atoms with Gasteiger partial charge in [-0.05, 0) is 54.3 Å². The number of aromatic nitrogens is 1. The molecular weight excluding hydrogens is 358 g/mol. The van der Waals surface area contributed by atoms with E-state index in [2.05, 4.69) is 4.98 Å². The van der Waals surface area contributed by atoms with Crippen LogP contribution in [-0.2, 0) is 28.6 Å². The van der Waals surface area contributed by atoms with Crippen molar-refractivity contribution in [2.24, 2.45) is 0 Å². The van der Waals surface area contributed by atoms with E-state index in [0.717, 1.165) is 44.6 Å². The van der Waals surface area contributed by atoms with E-state index in [9.17, 15) is 9.00 Å². The highest BCUT2D eigenvalue weighted by Gasteiger charge is 2.27. The van der Waals surface area contributed by atoms with Gasteiger partial charge < -0.3 is 10.6 Å². The number of nitrogen functional groups attached to an aromatic ring is 1. The summed E-state index contributed by atoms with van der Waals surface area (Å²) >= 11 is 0. The fraction of sp³-hybridized carbons (Fsp3) is 0.238. The lowest BCUT2D eigenvalue weighted by Gasteiger charge is -2.24. The van der Waals surface area contributed by atoms with Gasteiger partial charge in [0.2, 0.25) is 5.91 Å². The van der Waals surface area contributed by atoms with Crippen LogP contribution in [0.15, 0.2) is 47.4 Å². The lowest BCUT2D eigenvalue weighted by Crippen LogP contribution is -2.29. The number of nitrogens with zero attached hydrogens (tertiary/aromatic N) is 2. The van der Waals surface area contributed by atoms with Gasteiger partial charge in [-0.1, -0.05) is 18.2 Å². The molecule has 2 N–H and O–H groups in total. The SMILES string of the molecule is CC(=O)N(Cc1ccc2ccc(N)nc2c1)c1ccc(C)c2c1S(=O)CC2. The number of pyridine rings is 1. The van der Waals surface area contributed by atoms with Crippen LogP contribution < -0.4 is 10.6 Å². The molecule has 1 amide bonds. The van der Waals surface area contributed by atoms with Gasteiger partial charge in [-0.15, -0.1) is 0 Å². The molecule has 0 spiro atoms. The molecule has 2 aromatic carbocycles. The fourth-order valence-corrected chi connectivity index (χ4v) is 5.16. The third-order valence-electron chi connectivity index (χ3n) is 5.03. The second kappa shape index (κ2) is 6.78. The summed E-state index contributed by atoms with van der Waals surface area (Å²) < 4.78 is 12.6. The molecule has 27 heavy (non-hydrogen) atoms. The third kappa shape index (κ3) is 3.21. The first-order valence-corrected chi connectivity index (χ1v) is 10.2. The maximum absolute atomic E-state index is 12.6. The van der Waals surface area contributed by atoms with Crippen molar-refractivity contribution in [3.8, 4) is 0 Å². The molecule has 0 aliphatic carbocycles. The van der Waals surface area contributed by atoms with Crippen LogP contribution in [0, 0.1) is 6.92 Å². The number of nitrogens with two attached hydrogens (primary N) is 1. The molecule has 6 heteroatoms. The van der Waals surface area contributed by atoms with Crippen LogP contribution in [0.4, 0.5) is 11.5 Å². The van der Waals surface area contributed by atoms with Crippen molar-refractivity contribution >= 4 is 39.1 Å². The Balaban J connectivity index is 1.76. The van der Waals surface area contributed by atoms with Crippen LogP contribution in [0.25, 0.3) is 10.9 Å². The Hall–Kier alpha value is -2.73. The first-order valence-electron chi connectivity index (χ1n) is 8.88. The van der Waals surface area contributed by atoms with Crippen LogP contribution in [-0.4, -0.2) is 20.9 Å². The highest BCUT2D eigenvalue weighted by molar-refractivity contribution is 7.85. The highest BCUT2D eigenvalue weighted by atomic mass is 32.2. The number of carbonyl (C=O) groups excluding carboxylic acids is 1. The van der Waals surface area contributed by atoms with Gasteiger partial charge in [0.25, 0.3) is 0 Å². The average Bonchev–Trinajstić information content (AvgIpc) is 3.03. The third-order valence-corrected chi connectivity index (χ3v) is 6.51. The summed E-state index contributed by atoms with van der Waals surface area (Å²) in [5.74, 6) is 1.01. The number of benzene rings is 2. The van der Waals surface area contributed by atoms with Gasteiger partial charge in [-0.2, -0.15) is 0 Å². The van der Waals surface area contributed by atoms with Gasteiger partial charge in [-0.3, -0.25) is 9.00 Å². The van der Waals surface area contributed by atoms with E-state index in [0.29, 0.717) is 18.1 Å². The Morgan fingerprint density at radius 3 is 2.78 bits per heavy atom. The Kier molecular flexibility index (Phi) is 4.44. The molecule has 1 unspecified atom stereocenters. The number of carbonyl (C=O) groups is 1. The van der Waals surface area contributed by atoms with Crippen molar-refractivity contribution in [1.29, 1.82) is 0 Å². The zero-order valence-electron chi connectivity index (χ0n) is 15.4. The number of hydrogen-bond acceptors (Lipinski definition) is 4. The molecule has 0 bridgehead atoms. The van der Waals surface area contributed by atoms with Crippen molar-refractivity contribution in [2.75, 3.05) is 16.4 Å². The molecule has 1 atom stereocenters. The smallest absolute Gasteiger partial charge is 0.224 e. The van der Waals surface area contributed by atoms with Crippen LogP contribution in [0.2, 0.25) is 0 Å². The van der Waals surface area contributed by atoms with Gasteiger partial charge in [-0.25, -0.2) is 4.98 Å². The van der Waals surface area contributed by atoms with E-state index in [1.54, 1.807) is 17.9 Å². The highest BCUT2D eigenvalue weighted by Crippen LogP contribution is 2.35. The largest absolute Gasteiger partial charge is 0.384 e. The Morgan fingerprint density at radius 1 is 1.22 bits per heavy atom. The summed E-state index contributed by atoms with van der Waals surface area (Å²) in [5, 5.41) is 1.000. The zero-order valence-corrected chi connectivity index (χ0v) is 16.2. The predicted molar refractivity (Wildman–Crippen MR) is 109 cm³/mol. The molecule has 0 saturated heterocycles. The Bertz CT molecular complexity index is 1090. The van der Waals surface area contributed by atoms with E-state index in [1.807, 2.05) is 43.3 Å². The van der Waals surface area contributed by atoms with Crippen LogP contribution in [0.5, 0.6) is 0 Å². The van der Waals surface area contributed by atoms with E-state index < -0.39 is 10.8 Å². The minimum atomic E-state index is -1.06. The van der Waals surface area contributed by atoms with Crippen LogP contribution >= 0.6 is 0 Å². The summed E-state index contributed by atoms with van der Waals surface area (Å²) in [6.45, 7) is 3.97. The van der Waals surface area contributed by atoms with E-state index in [4.69, 9.17) is 5.73 Å². The number of rotatable bonds is 3. The lowest BCUT2D eigenvalue weighted by atomic mass is 10.0. The number of aryl methyl sites for hydroxylation is 1. The molecule has 0 fully saturated rings. The van der Waals surface area contributed by atoms with Gasteiger partial charge in [0.05, 0.1) is 33.4 Å². The zero-order chi connectivity index (χ0) is 19.1. The average molecular weight is 379 g/mol.